The standard InChI is InChI=1S/C23H29N.C3H6.C2H6/c1-4-6-13-22(18(3)24)23(10-5-2)21-16-14-20(15-17-21)19-11-8-7-9-12-19;1-3-2;1-2/h4-12,14-18,22-23H,13,24H2,1-3H3;3H,1H2,2H3;1-2H3/b6-4-,10-5-;;. The molecule has 158 valence electrons. The molecular formula is C28H41N. The minimum absolute atomic E-state index is 0.149. The zero-order valence-electron chi connectivity index (χ0n) is 19.3. The number of hydrogen-bond acceptors (Lipinski definition) is 1. The minimum Gasteiger partial charge on any atom is -0.328 e. The second kappa shape index (κ2) is 16.6. The second-order valence-corrected chi connectivity index (χ2v) is 6.78. The molecule has 0 bridgehead atoms. The summed E-state index contributed by atoms with van der Waals surface area (Å²) in [7, 11) is 0. The average Bonchev–Trinajstić information content (AvgIpc) is 2.76. The molecule has 0 heterocycles. The first kappa shape index (κ1) is 26.6. The molecule has 0 aliphatic carbocycles. The van der Waals surface area contributed by atoms with Gasteiger partial charge in [-0.1, -0.05) is 98.8 Å². The largest absolute Gasteiger partial charge is 0.328 e. The number of benzene rings is 2. The van der Waals surface area contributed by atoms with Crippen molar-refractivity contribution in [1.29, 1.82) is 0 Å². The highest BCUT2D eigenvalue weighted by Gasteiger charge is 2.23. The maximum atomic E-state index is 6.30. The highest BCUT2D eigenvalue weighted by molar-refractivity contribution is 5.63. The van der Waals surface area contributed by atoms with Crippen molar-refractivity contribution in [3.63, 3.8) is 0 Å². The lowest BCUT2D eigenvalue weighted by Gasteiger charge is -2.28. The van der Waals surface area contributed by atoms with Crippen molar-refractivity contribution in [3.05, 3.63) is 97.1 Å². The van der Waals surface area contributed by atoms with Crippen LogP contribution >= 0.6 is 0 Å². The molecule has 3 atom stereocenters. The Morgan fingerprint density at radius 3 is 1.83 bits per heavy atom. The fourth-order valence-electron chi connectivity index (χ4n) is 3.22. The van der Waals surface area contributed by atoms with E-state index in [9.17, 15) is 0 Å². The van der Waals surface area contributed by atoms with Crippen LogP contribution in [0.2, 0.25) is 0 Å². The molecule has 1 heteroatoms. The summed E-state index contributed by atoms with van der Waals surface area (Å²) < 4.78 is 0. The summed E-state index contributed by atoms with van der Waals surface area (Å²) in [5, 5.41) is 0. The maximum Gasteiger partial charge on any atom is 0.00637 e. The van der Waals surface area contributed by atoms with Crippen LogP contribution in [0.25, 0.3) is 11.1 Å². The Morgan fingerprint density at radius 2 is 1.38 bits per heavy atom. The van der Waals surface area contributed by atoms with E-state index in [4.69, 9.17) is 5.73 Å². The highest BCUT2D eigenvalue weighted by Crippen LogP contribution is 2.32. The van der Waals surface area contributed by atoms with Crippen LogP contribution in [0.4, 0.5) is 0 Å². The molecule has 0 amide bonds. The molecule has 2 aromatic rings. The van der Waals surface area contributed by atoms with Crippen molar-refractivity contribution < 1.29 is 0 Å². The predicted molar refractivity (Wildman–Crippen MR) is 133 cm³/mol. The number of nitrogens with two attached hydrogens (primary N) is 1. The molecule has 2 aromatic carbocycles. The average molecular weight is 392 g/mol. The van der Waals surface area contributed by atoms with Gasteiger partial charge in [0.05, 0.1) is 0 Å². The first-order valence-electron chi connectivity index (χ1n) is 10.8. The molecule has 29 heavy (non-hydrogen) atoms. The predicted octanol–water partition coefficient (Wildman–Crippen LogP) is 8.16. The molecule has 2 N–H and O–H groups in total. The van der Waals surface area contributed by atoms with Crippen LogP contribution < -0.4 is 5.73 Å². The van der Waals surface area contributed by atoms with Gasteiger partial charge in [-0.05, 0) is 56.7 Å². The molecule has 2 rings (SSSR count). The molecule has 0 radical (unpaired) electrons. The Kier molecular flexibility index (Phi) is 15.2. The lowest BCUT2D eigenvalue weighted by molar-refractivity contribution is 0.408. The molecular weight excluding hydrogens is 350 g/mol. The smallest absolute Gasteiger partial charge is 0.00637 e. The highest BCUT2D eigenvalue weighted by atomic mass is 14.6. The molecule has 0 aliphatic heterocycles. The zero-order chi connectivity index (χ0) is 22.1. The third-order valence-electron chi connectivity index (χ3n) is 4.58. The summed E-state index contributed by atoms with van der Waals surface area (Å²) in [4.78, 5) is 0. The fraction of sp³-hybridized carbons (Fsp3) is 0.357. The van der Waals surface area contributed by atoms with Crippen molar-refractivity contribution in [2.24, 2.45) is 11.7 Å². The third kappa shape index (κ3) is 9.58. The molecule has 0 saturated heterocycles. The number of hydrogen-bond donors (Lipinski definition) is 1. The Labute approximate surface area is 180 Å². The van der Waals surface area contributed by atoms with Crippen LogP contribution in [0.5, 0.6) is 0 Å². The molecule has 3 unspecified atom stereocenters. The van der Waals surface area contributed by atoms with Gasteiger partial charge in [0.1, 0.15) is 0 Å². The van der Waals surface area contributed by atoms with Crippen LogP contribution in [0.3, 0.4) is 0 Å². The van der Waals surface area contributed by atoms with Gasteiger partial charge in [-0.25, -0.2) is 0 Å². The van der Waals surface area contributed by atoms with E-state index in [0.717, 1.165) is 6.42 Å². The van der Waals surface area contributed by atoms with Crippen LogP contribution in [-0.4, -0.2) is 6.04 Å². The molecule has 0 saturated carbocycles. The SMILES string of the molecule is C/C=C\CC(C(C)N)C(/C=C\C)c1ccc(-c2ccccc2)cc1.C=CC.CC. The van der Waals surface area contributed by atoms with E-state index >= 15 is 0 Å². The topological polar surface area (TPSA) is 26.0 Å². The lowest BCUT2D eigenvalue weighted by atomic mass is 9.79. The molecule has 0 fully saturated rings. The first-order valence-corrected chi connectivity index (χ1v) is 10.8. The Bertz CT molecular complexity index is 693. The van der Waals surface area contributed by atoms with E-state index < -0.39 is 0 Å². The van der Waals surface area contributed by atoms with Gasteiger partial charge in [-0.15, -0.1) is 6.58 Å². The number of allylic oxidation sites excluding steroid dienone is 5. The van der Waals surface area contributed by atoms with Crippen LogP contribution in [0.15, 0.2) is 91.6 Å². The Morgan fingerprint density at radius 1 is 0.862 bits per heavy atom. The van der Waals surface area contributed by atoms with Gasteiger partial charge in [0.15, 0.2) is 0 Å². The molecule has 0 aromatic heterocycles. The monoisotopic (exact) mass is 391 g/mol. The summed E-state index contributed by atoms with van der Waals surface area (Å²) in [6, 6.07) is 19.6. The maximum absolute atomic E-state index is 6.30. The molecule has 0 aliphatic rings. The third-order valence-corrected chi connectivity index (χ3v) is 4.58. The van der Waals surface area contributed by atoms with E-state index in [0.29, 0.717) is 11.8 Å². The Hall–Kier alpha value is -2.38. The van der Waals surface area contributed by atoms with E-state index in [1.807, 2.05) is 20.8 Å². The van der Waals surface area contributed by atoms with Crippen molar-refractivity contribution in [2.45, 2.75) is 59.9 Å². The number of rotatable bonds is 7. The van der Waals surface area contributed by atoms with Crippen LogP contribution in [0.1, 0.15) is 59.4 Å². The van der Waals surface area contributed by atoms with Crippen LogP contribution in [0, 0.1) is 5.92 Å². The van der Waals surface area contributed by atoms with Gasteiger partial charge in [0.2, 0.25) is 0 Å². The van der Waals surface area contributed by atoms with Gasteiger partial charge in [-0.3, -0.25) is 0 Å². The first-order chi connectivity index (χ1) is 14.1. The fourth-order valence-corrected chi connectivity index (χ4v) is 3.22. The summed E-state index contributed by atoms with van der Waals surface area (Å²) in [6.07, 6.45) is 11.5. The van der Waals surface area contributed by atoms with E-state index in [2.05, 4.69) is 106 Å². The Balaban J connectivity index is 0.00000143. The van der Waals surface area contributed by atoms with Gasteiger partial charge in [0, 0.05) is 12.0 Å². The summed E-state index contributed by atoms with van der Waals surface area (Å²) in [6.45, 7) is 15.5. The normalized spacial score (nSPS) is 13.6. The van der Waals surface area contributed by atoms with E-state index in [1.54, 1.807) is 6.08 Å². The zero-order valence-corrected chi connectivity index (χ0v) is 19.3. The van der Waals surface area contributed by atoms with Crippen molar-refractivity contribution in [3.8, 4) is 11.1 Å². The van der Waals surface area contributed by atoms with E-state index in [1.165, 1.54) is 16.7 Å². The quantitative estimate of drug-likeness (QED) is 0.473. The van der Waals surface area contributed by atoms with Gasteiger partial charge >= 0.3 is 0 Å². The molecule has 0 spiro atoms. The minimum atomic E-state index is 0.149. The van der Waals surface area contributed by atoms with E-state index in [-0.39, 0.29) is 6.04 Å². The van der Waals surface area contributed by atoms with Gasteiger partial charge < -0.3 is 5.73 Å². The summed E-state index contributed by atoms with van der Waals surface area (Å²) in [5.41, 5.74) is 10.1. The van der Waals surface area contributed by atoms with Crippen molar-refractivity contribution in [1.82, 2.24) is 0 Å². The van der Waals surface area contributed by atoms with Gasteiger partial charge in [0.25, 0.3) is 0 Å². The lowest BCUT2D eigenvalue weighted by Crippen LogP contribution is -2.30. The summed E-state index contributed by atoms with van der Waals surface area (Å²) in [5.74, 6) is 0.746. The van der Waals surface area contributed by atoms with Crippen LogP contribution in [-0.2, 0) is 0 Å². The van der Waals surface area contributed by atoms with Gasteiger partial charge in [-0.2, -0.15) is 0 Å². The summed E-state index contributed by atoms with van der Waals surface area (Å²) >= 11 is 0. The van der Waals surface area contributed by atoms with Crippen molar-refractivity contribution >= 4 is 0 Å². The molecule has 1 nitrogen and oxygen atoms in total. The van der Waals surface area contributed by atoms with Crippen molar-refractivity contribution in [2.75, 3.05) is 0 Å². The second-order valence-electron chi connectivity index (χ2n) is 6.78.